The Hall–Kier alpha value is -1.75. The summed E-state index contributed by atoms with van der Waals surface area (Å²) in [6.07, 6.45) is 5.03. The lowest BCUT2D eigenvalue weighted by atomic mass is 10.2. The van der Waals surface area contributed by atoms with Gasteiger partial charge in [-0.1, -0.05) is 0 Å². The zero-order valence-electron chi connectivity index (χ0n) is 10.2. The van der Waals surface area contributed by atoms with E-state index in [-0.39, 0.29) is 5.91 Å². The molecule has 0 saturated heterocycles. The molecule has 4 nitrogen and oxygen atoms in total. The van der Waals surface area contributed by atoms with Crippen LogP contribution in [0, 0.1) is 6.92 Å². The molecule has 2 aromatic heterocycles. The van der Waals surface area contributed by atoms with Crippen molar-refractivity contribution in [2.24, 2.45) is 0 Å². The lowest BCUT2D eigenvalue weighted by molar-refractivity contribution is 0.0953. The molecule has 0 spiro atoms. The number of thiazole rings is 1. The van der Waals surface area contributed by atoms with Crippen molar-refractivity contribution in [2.45, 2.75) is 19.8 Å². The number of amides is 1. The Labute approximate surface area is 110 Å². The fourth-order valence-corrected chi connectivity index (χ4v) is 2.38. The lowest BCUT2D eigenvalue weighted by Crippen LogP contribution is -2.24. The molecular formula is C13H15N3OS. The lowest BCUT2D eigenvalue weighted by Gasteiger charge is -2.03. The first-order valence-electron chi connectivity index (χ1n) is 5.85. The predicted octanol–water partition coefficient (Wildman–Crippen LogP) is 2.21. The van der Waals surface area contributed by atoms with E-state index < -0.39 is 0 Å². The summed E-state index contributed by atoms with van der Waals surface area (Å²) in [5, 5.41) is 6.05. The molecule has 94 valence electrons. The maximum atomic E-state index is 11.7. The van der Waals surface area contributed by atoms with Crippen molar-refractivity contribution in [3.05, 3.63) is 46.2 Å². The van der Waals surface area contributed by atoms with Gasteiger partial charge in [0, 0.05) is 36.4 Å². The number of aromatic nitrogens is 2. The van der Waals surface area contributed by atoms with Gasteiger partial charge in [-0.3, -0.25) is 9.78 Å². The number of hydrogen-bond donors (Lipinski definition) is 1. The maximum Gasteiger partial charge on any atom is 0.252 e. The van der Waals surface area contributed by atoms with Crippen LogP contribution in [0.5, 0.6) is 0 Å². The van der Waals surface area contributed by atoms with Crippen molar-refractivity contribution in [2.75, 3.05) is 6.54 Å². The Morgan fingerprint density at radius 3 is 3.06 bits per heavy atom. The Morgan fingerprint density at radius 2 is 2.39 bits per heavy atom. The number of carbonyl (C=O) groups excluding carboxylic acids is 1. The van der Waals surface area contributed by atoms with Crippen molar-refractivity contribution in [1.82, 2.24) is 15.3 Å². The van der Waals surface area contributed by atoms with Crippen LogP contribution in [-0.4, -0.2) is 22.4 Å². The fourth-order valence-electron chi connectivity index (χ4n) is 1.56. The third-order valence-electron chi connectivity index (χ3n) is 2.44. The van der Waals surface area contributed by atoms with Crippen LogP contribution in [0.15, 0.2) is 29.9 Å². The smallest absolute Gasteiger partial charge is 0.252 e. The summed E-state index contributed by atoms with van der Waals surface area (Å²) >= 11 is 1.67. The van der Waals surface area contributed by atoms with Crippen LogP contribution in [0.4, 0.5) is 0 Å². The van der Waals surface area contributed by atoms with E-state index in [0.717, 1.165) is 23.5 Å². The molecule has 1 amide bonds. The average molecular weight is 261 g/mol. The van der Waals surface area contributed by atoms with Gasteiger partial charge in [0.2, 0.25) is 0 Å². The number of rotatable bonds is 5. The summed E-state index contributed by atoms with van der Waals surface area (Å²) in [4.78, 5) is 20.0. The van der Waals surface area contributed by atoms with Crippen LogP contribution in [0.25, 0.3) is 0 Å². The third kappa shape index (κ3) is 3.63. The largest absolute Gasteiger partial charge is 0.352 e. The van der Waals surface area contributed by atoms with Crippen molar-refractivity contribution in [3.63, 3.8) is 0 Å². The fraction of sp³-hybridized carbons (Fsp3) is 0.308. The Morgan fingerprint density at radius 1 is 1.50 bits per heavy atom. The minimum absolute atomic E-state index is 0.0709. The number of carbonyl (C=O) groups is 1. The molecule has 0 radical (unpaired) electrons. The van der Waals surface area contributed by atoms with Gasteiger partial charge in [-0.2, -0.15) is 0 Å². The highest BCUT2D eigenvalue weighted by molar-refractivity contribution is 7.09. The van der Waals surface area contributed by atoms with E-state index in [1.54, 1.807) is 35.9 Å². The first-order valence-corrected chi connectivity index (χ1v) is 6.73. The van der Waals surface area contributed by atoms with Crippen LogP contribution in [-0.2, 0) is 6.42 Å². The summed E-state index contributed by atoms with van der Waals surface area (Å²) < 4.78 is 0. The average Bonchev–Trinajstić information content (AvgIpc) is 2.81. The molecule has 2 aromatic rings. The van der Waals surface area contributed by atoms with Gasteiger partial charge in [-0.05, 0) is 25.5 Å². The molecule has 1 N–H and O–H groups in total. The standard InChI is InChI=1S/C13H15N3OS/c1-10-9-18-12(16-10)5-3-7-15-13(17)11-4-2-6-14-8-11/h2,4,6,8-9H,3,5,7H2,1H3,(H,15,17). The van der Waals surface area contributed by atoms with E-state index in [1.165, 1.54) is 0 Å². The first-order chi connectivity index (χ1) is 8.75. The number of nitrogens with zero attached hydrogens (tertiary/aromatic N) is 2. The van der Waals surface area contributed by atoms with E-state index in [9.17, 15) is 4.79 Å². The molecule has 0 bridgehead atoms. The van der Waals surface area contributed by atoms with Gasteiger partial charge in [0.15, 0.2) is 0 Å². The normalized spacial score (nSPS) is 10.3. The van der Waals surface area contributed by atoms with Gasteiger partial charge in [-0.25, -0.2) is 4.98 Å². The molecule has 18 heavy (non-hydrogen) atoms. The van der Waals surface area contributed by atoms with Crippen LogP contribution < -0.4 is 5.32 Å². The van der Waals surface area contributed by atoms with Crippen LogP contribution in [0.3, 0.4) is 0 Å². The molecule has 0 aromatic carbocycles. The molecule has 5 heteroatoms. The van der Waals surface area contributed by atoms with Gasteiger partial charge < -0.3 is 5.32 Å². The molecule has 0 unspecified atom stereocenters. The zero-order chi connectivity index (χ0) is 12.8. The van der Waals surface area contributed by atoms with Gasteiger partial charge in [0.1, 0.15) is 0 Å². The van der Waals surface area contributed by atoms with Crippen LogP contribution in [0.1, 0.15) is 27.5 Å². The second-order valence-corrected chi connectivity index (χ2v) is 4.93. The van der Waals surface area contributed by atoms with E-state index in [4.69, 9.17) is 0 Å². The monoisotopic (exact) mass is 261 g/mol. The van der Waals surface area contributed by atoms with Crippen molar-refractivity contribution in [3.8, 4) is 0 Å². The van der Waals surface area contributed by atoms with E-state index >= 15 is 0 Å². The Kier molecular flexibility index (Phi) is 4.41. The summed E-state index contributed by atoms with van der Waals surface area (Å²) in [5.74, 6) is -0.0709. The number of pyridine rings is 1. The van der Waals surface area contributed by atoms with E-state index in [2.05, 4.69) is 15.3 Å². The van der Waals surface area contributed by atoms with Crippen LogP contribution >= 0.6 is 11.3 Å². The number of nitrogens with one attached hydrogen (secondary N) is 1. The highest BCUT2D eigenvalue weighted by atomic mass is 32.1. The molecule has 0 aliphatic carbocycles. The summed E-state index contributed by atoms with van der Waals surface area (Å²) in [6.45, 7) is 2.65. The van der Waals surface area contributed by atoms with Gasteiger partial charge in [-0.15, -0.1) is 11.3 Å². The summed E-state index contributed by atoms with van der Waals surface area (Å²) in [7, 11) is 0. The zero-order valence-corrected chi connectivity index (χ0v) is 11.0. The molecule has 0 saturated carbocycles. The molecular weight excluding hydrogens is 246 g/mol. The van der Waals surface area contributed by atoms with E-state index in [0.29, 0.717) is 12.1 Å². The molecule has 0 aliphatic rings. The van der Waals surface area contributed by atoms with Crippen molar-refractivity contribution in [1.29, 1.82) is 0 Å². The molecule has 0 aliphatic heterocycles. The van der Waals surface area contributed by atoms with Crippen LogP contribution in [0.2, 0.25) is 0 Å². The minimum atomic E-state index is -0.0709. The van der Waals surface area contributed by atoms with Gasteiger partial charge in [0.25, 0.3) is 5.91 Å². The SMILES string of the molecule is Cc1csc(CCCNC(=O)c2cccnc2)n1. The summed E-state index contributed by atoms with van der Waals surface area (Å²) in [5.41, 5.74) is 1.66. The first kappa shape index (κ1) is 12.7. The van der Waals surface area contributed by atoms with E-state index in [1.807, 2.05) is 12.3 Å². The third-order valence-corrected chi connectivity index (χ3v) is 3.47. The van der Waals surface area contributed by atoms with Crippen molar-refractivity contribution < 1.29 is 4.79 Å². The Bertz CT molecular complexity index is 510. The van der Waals surface area contributed by atoms with Crippen molar-refractivity contribution >= 4 is 17.2 Å². The topological polar surface area (TPSA) is 54.9 Å². The molecule has 2 heterocycles. The predicted molar refractivity (Wildman–Crippen MR) is 71.7 cm³/mol. The molecule has 0 atom stereocenters. The maximum absolute atomic E-state index is 11.7. The molecule has 2 rings (SSSR count). The molecule has 0 fully saturated rings. The van der Waals surface area contributed by atoms with Gasteiger partial charge >= 0.3 is 0 Å². The highest BCUT2D eigenvalue weighted by Gasteiger charge is 2.04. The highest BCUT2D eigenvalue weighted by Crippen LogP contribution is 2.10. The second-order valence-electron chi connectivity index (χ2n) is 3.98. The quantitative estimate of drug-likeness (QED) is 0.840. The minimum Gasteiger partial charge on any atom is -0.352 e. The Balaban J connectivity index is 1.71. The number of hydrogen-bond acceptors (Lipinski definition) is 4. The number of aryl methyl sites for hydroxylation is 2. The second kappa shape index (κ2) is 6.26. The van der Waals surface area contributed by atoms with Gasteiger partial charge in [0.05, 0.1) is 10.6 Å². The summed E-state index contributed by atoms with van der Waals surface area (Å²) in [6, 6.07) is 3.51.